The third-order valence-corrected chi connectivity index (χ3v) is 4.62. The molecule has 0 atom stereocenters. The van der Waals surface area contributed by atoms with E-state index in [4.69, 9.17) is 0 Å². The fraction of sp³-hybridized carbons (Fsp3) is 0.615. The van der Waals surface area contributed by atoms with Crippen molar-refractivity contribution in [2.45, 2.75) is 30.6 Å². The van der Waals surface area contributed by atoms with Crippen LogP contribution < -0.4 is 10.2 Å². The number of anilines is 1. The normalized spacial score (nSPS) is 17.6. The van der Waals surface area contributed by atoms with Gasteiger partial charge in [-0.25, -0.2) is 14.4 Å². The number of hydrogen-bond acceptors (Lipinski definition) is 5. The lowest BCUT2D eigenvalue weighted by Crippen LogP contribution is -2.48. The predicted molar refractivity (Wildman–Crippen MR) is 85.5 cm³/mol. The van der Waals surface area contributed by atoms with Gasteiger partial charge in [0, 0.05) is 39.1 Å². The molecule has 1 aliphatic heterocycles. The third-order valence-electron chi connectivity index (χ3n) is 3.50. The van der Waals surface area contributed by atoms with Crippen LogP contribution in [0.15, 0.2) is 15.8 Å². The van der Waals surface area contributed by atoms with Crippen LogP contribution in [0.2, 0.25) is 0 Å². The van der Waals surface area contributed by atoms with Gasteiger partial charge in [-0.1, -0.05) is 11.8 Å². The molecule has 5 nitrogen and oxygen atoms in total. The number of rotatable bonds is 4. The average Bonchev–Trinajstić information content (AvgIpc) is 2.47. The van der Waals surface area contributed by atoms with E-state index in [2.05, 4.69) is 36.1 Å². The van der Waals surface area contributed by atoms with Gasteiger partial charge in [-0.15, -0.1) is 0 Å². The first kappa shape index (κ1) is 16.5. The summed E-state index contributed by atoms with van der Waals surface area (Å²) in [5.41, 5.74) is -1.33. The van der Waals surface area contributed by atoms with Crippen LogP contribution in [-0.2, 0) is 4.79 Å². The highest BCUT2D eigenvalue weighted by molar-refractivity contribution is 9.10. The molecule has 0 saturated carbocycles. The fourth-order valence-electron chi connectivity index (χ4n) is 2.24. The molecule has 8 heteroatoms. The van der Waals surface area contributed by atoms with Crippen LogP contribution in [0, 0.1) is 0 Å². The number of hydrogen-bond donors (Lipinski definition) is 1. The van der Waals surface area contributed by atoms with Gasteiger partial charge in [0.15, 0.2) is 5.16 Å². The summed E-state index contributed by atoms with van der Waals surface area (Å²) in [5.74, 6) is 0.605. The van der Waals surface area contributed by atoms with E-state index < -0.39 is 5.67 Å². The minimum Gasteiger partial charge on any atom is -0.355 e. The largest absolute Gasteiger partial charge is 0.355 e. The summed E-state index contributed by atoms with van der Waals surface area (Å²) in [5, 5.41) is 3.27. The predicted octanol–water partition coefficient (Wildman–Crippen LogP) is 2.41. The second-order valence-electron chi connectivity index (χ2n) is 5.08. The first-order valence-electron chi connectivity index (χ1n) is 6.68. The van der Waals surface area contributed by atoms with Crippen LogP contribution in [0.1, 0.15) is 19.8 Å². The molecule has 0 aromatic carbocycles. The number of carbonyl (C=O) groups is 1. The second kappa shape index (κ2) is 6.91. The Morgan fingerprint density at radius 2 is 2.24 bits per heavy atom. The molecule has 0 aliphatic carbocycles. The van der Waals surface area contributed by atoms with Crippen molar-refractivity contribution in [3.05, 3.63) is 10.7 Å². The zero-order valence-corrected chi connectivity index (χ0v) is 14.4. The van der Waals surface area contributed by atoms with Crippen LogP contribution in [0.4, 0.5) is 10.2 Å². The standard InChI is InChI=1S/C13H18BrFN4OS/c1-9(20)17-8-13(15)3-5-19(6-4-13)11-10(14)7-16-12(18-11)21-2/h7H,3-6,8H2,1-2H3,(H,17,20). The lowest BCUT2D eigenvalue weighted by molar-refractivity contribution is -0.119. The van der Waals surface area contributed by atoms with Gasteiger partial charge in [-0.05, 0) is 22.2 Å². The van der Waals surface area contributed by atoms with Crippen molar-refractivity contribution >= 4 is 39.4 Å². The molecule has 0 bridgehead atoms. The number of amides is 1. The van der Waals surface area contributed by atoms with Crippen molar-refractivity contribution in [3.8, 4) is 0 Å². The van der Waals surface area contributed by atoms with Gasteiger partial charge in [0.05, 0.1) is 11.0 Å². The topological polar surface area (TPSA) is 58.1 Å². The van der Waals surface area contributed by atoms with E-state index in [9.17, 15) is 9.18 Å². The minimum atomic E-state index is -1.33. The maximum Gasteiger partial charge on any atom is 0.216 e. The molecule has 1 aromatic rings. The van der Waals surface area contributed by atoms with E-state index in [1.54, 1.807) is 6.20 Å². The van der Waals surface area contributed by atoms with Crippen LogP contribution in [0.5, 0.6) is 0 Å². The number of piperidine rings is 1. The Kier molecular flexibility index (Phi) is 5.43. The maximum atomic E-state index is 14.6. The molecule has 1 N–H and O–H groups in total. The minimum absolute atomic E-state index is 0.0805. The third kappa shape index (κ3) is 4.29. The summed E-state index contributed by atoms with van der Waals surface area (Å²) < 4.78 is 15.4. The molecular formula is C13H18BrFN4OS. The molecular weight excluding hydrogens is 359 g/mol. The molecule has 2 heterocycles. The number of thioether (sulfide) groups is 1. The van der Waals surface area contributed by atoms with E-state index in [-0.39, 0.29) is 12.5 Å². The molecule has 116 valence electrons. The fourth-order valence-corrected chi connectivity index (χ4v) is 3.02. The summed E-state index contributed by atoms with van der Waals surface area (Å²) in [6.07, 6.45) is 4.39. The molecule has 1 aliphatic rings. The van der Waals surface area contributed by atoms with Crippen LogP contribution in [0.3, 0.4) is 0 Å². The van der Waals surface area contributed by atoms with Gasteiger partial charge >= 0.3 is 0 Å². The number of halogens is 2. The van der Waals surface area contributed by atoms with Crippen LogP contribution in [-0.4, -0.2) is 47.4 Å². The lowest BCUT2D eigenvalue weighted by atomic mass is 9.93. The van der Waals surface area contributed by atoms with E-state index in [1.165, 1.54) is 18.7 Å². The van der Waals surface area contributed by atoms with Crippen molar-refractivity contribution in [3.63, 3.8) is 0 Å². The van der Waals surface area contributed by atoms with Gasteiger partial charge < -0.3 is 10.2 Å². The zero-order valence-electron chi connectivity index (χ0n) is 12.0. The average molecular weight is 377 g/mol. The van der Waals surface area contributed by atoms with E-state index >= 15 is 0 Å². The van der Waals surface area contributed by atoms with Crippen LogP contribution >= 0.6 is 27.7 Å². The number of alkyl halides is 1. The molecule has 1 amide bonds. The number of nitrogens with zero attached hydrogens (tertiary/aromatic N) is 3. The SMILES string of the molecule is CSc1ncc(Br)c(N2CCC(F)(CNC(C)=O)CC2)n1. The highest BCUT2D eigenvalue weighted by Crippen LogP contribution is 2.32. The number of nitrogens with one attached hydrogen (secondary N) is 1. The molecule has 0 radical (unpaired) electrons. The van der Waals surface area contributed by atoms with Gasteiger partial charge in [0.25, 0.3) is 0 Å². The summed E-state index contributed by atoms with van der Waals surface area (Å²) in [7, 11) is 0. The van der Waals surface area contributed by atoms with Gasteiger partial charge in [-0.2, -0.15) is 0 Å². The van der Waals surface area contributed by atoms with E-state index in [1.807, 2.05) is 6.26 Å². The summed E-state index contributed by atoms with van der Waals surface area (Å²) in [6, 6.07) is 0. The maximum absolute atomic E-state index is 14.6. The Morgan fingerprint density at radius 1 is 1.57 bits per heavy atom. The molecule has 1 saturated heterocycles. The summed E-state index contributed by atoms with van der Waals surface area (Å²) in [6.45, 7) is 2.62. The zero-order chi connectivity index (χ0) is 15.5. The summed E-state index contributed by atoms with van der Waals surface area (Å²) in [4.78, 5) is 21.6. The molecule has 1 aromatic heterocycles. The highest BCUT2D eigenvalue weighted by atomic mass is 79.9. The Balaban J connectivity index is 2.02. The van der Waals surface area contributed by atoms with E-state index in [0.717, 1.165) is 10.3 Å². The van der Waals surface area contributed by atoms with Crippen molar-refractivity contribution in [2.75, 3.05) is 30.8 Å². The molecule has 2 rings (SSSR count). The van der Waals surface area contributed by atoms with Crippen molar-refractivity contribution in [1.29, 1.82) is 0 Å². The van der Waals surface area contributed by atoms with Crippen LogP contribution in [0.25, 0.3) is 0 Å². The number of aromatic nitrogens is 2. The highest BCUT2D eigenvalue weighted by Gasteiger charge is 2.35. The monoisotopic (exact) mass is 376 g/mol. The van der Waals surface area contributed by atoms with Crippen molar-refractivity contribution in [1.82, 2.24) is 15.3 Å². The molecule has 21 heavy (non-hydrogen) atoms. The van der Waals surface area contributed by atoms with Gasteiger partial charge in [-0.3, -0.25) is 4.79 Å². The molecule has 0 spiro atoms. The van der Waals surface area contributed by atoms with Gasteiger partial charge in [0.1, 0.15) is 11.5 Å². The smallest absolute Gasteiger partial charge is 0.216 e. The Bertz CT molecular complexity index is 523. The van der Waals surface area contributed by atoms with Crippen molar-refractivity contribution in [2.24, 2.45) is 0 Å². The molecule has 0 unspecified atom stereocenters. The quantitative estimate of drug-likeness (QED) is 0.645. The van der Waals surface area contributed by atoms with Crippen molar-refractivity contribution < 1.29 is 9.18 Å². The second-order valence-corrected chi connectivity index (χ2v) is 6.70. The van der Waals surface area contributed by atoms with Gasteiger partial charge in [0.2, 0.25) is 5.91 Å². The lowest BCUT2D eigenvalue weighted by Gasteiger charge is -2.37. The Labute approximate surface area is 136 Å². The Hall–Kier alpha value is -0.890. The van der Waals surface area contributed by atoms with E-state index in [0.29, 0.717) is 31.1 Å². The molecule has 1 fully saturated rings. The first-order chi connectivity index (χ1) is 9.93. The summed E-state index contributed by atoms with van der Waals surface area (Å²) >= 11 is 4.92. The first-order valence-corrected chi connectivity index (χ1v) is 8.70. The number of carbonyl (C=O) groups excluding carboxylic acids is 1. The Morgan fingerprint density at radius 3 is 2.81 bits per heavy atom.